The predicted molar refractivity (Wildman–Crippen MR) is 120 cm³/mol. The summed E-state index contributed by atoms with van der Waals surface area (Å²) < 4.78 is 5.64. The summed E-state index contributed by atoms with van der Waals surface area (Å²) >= 11 is 0. The lowest BCUT2D eigenvalue weighted by Gasteiger charge is -2.29. The molecule has 0 bridgehead atoms. The Morgan fingerprint density at radius 2 is 1.97 bits per heavy atom. The fraction of sp³-hybridized carbons (Fsp3) is 0.375. The van der Waals surface area contributed by atoms with Gasteiger partial charge in [-0.1, -0.05) is 39.0 Å². The first-order valence-electron chi connectivity index (χ1n) is 10.1. The van der Waals surface area contributed by atoms with Crippen LogP contribution in [-0.4, -0.2) is 16.7 Å². The maximum atomic E-state index is 13.2. The van der Waals surface area contributed by atoms with E-state index in [1.807, 2.05) is 57.2 Å². The zero-order valence-corrected chi connectivity index (χ0v) is 18.6. The molecule has 158 valence electrons. The molecule has 0 fully saturated rings. The van der Waals surface area contributed by atoms with Gasteiger partial charge in [-0.05, 0) is 56.9 Å². The van der Waals surface area contributed by atoms with E-state index in [2.05, 4.69) is 16.4 Å². The van der Waals surface area contributed by atoms with Crippen LogP contribution in [0.5, 0.6) is 0 Å². The molecule has 0 saturated carbocycles. The second-order valence-electron chi connectivity index (χ2n) is 8.21. The number of hydrogen-bond donors (Lipinski definition) is 1. The molecule has 6 heteroatoms. The van der Waals surface area contributed by atoms with Crippen LogP contribution in [0.2, 0.25) is 0 Å². The van der Waals surface area contributed by atoms with E-state index in [-0.39, 0.29) is 11.6 Å². The average Bonchev–Trinajstić information content (AvgIpc) is 2.69. The molecule has 6 nitrogen and oxygen atoms in total. The van der Waals surface area contributed by atoms with Crippen molar-refractivity contribution in [2.75, 3.05) is 10.2 Å². The topological polar surface area (TPSA) is 78.2 Å². The van der Waals surface area contributed by atoms with Crippen molar-refractivity contribution in [3.63, 3.8) is 0 Å². The van der Waals surface area contributed by atoms with Gasteiger partial charge in [0.15, 0.2) is 0 Å². The highest BCUT2D eigenvalue weighted by Crippen LogP contribution is 2.31. The predicted octanol–water partition coefficient (Wildman–Crippen LogP) is 5.99. The van der Waals surface area contributed by atoms with Gasteiger partial charge in [0.05, 0.1) is 5.69 Å². The van der Waals surface area contributed by atoms with E-state index in [9.17, 15) is 10.1 Å². The molecule has 0 atom stereocenters. The molecule has 0 unspecified atom stereocenters. The van der Waals surface area contributed by atoms with Gasteiger partial charge in [-0.2, -0.15) is 5.26 Å². The normalized spacial score (nSPS) is 11.7. The van der Waals surface area contributed by atoms with Gasteiger partial charge in [0.2, 0.25) is 0 Å². The van der Waals surface area contributed by atoms with Crippen molar-refractivity contribution in [1.29, 1.82) is 5.26 Å². The minimum atomic E-state index is -0.707. The van der Waals surface area contributed by atoms with Gasteiger partial charge < -0.3 is 10.1 Å². The number of nitriles is 1. The lowest BCUT2D eigenvalue weighted by atomic mass is 10.0. The number of aryl methyl sites for hydroxylation is 1. The van der Waals surface area contributed by atoms with Crippen LogP contribution in [0.3, 0.4) is 0 Å². The third-order valence-corrected chi connectivity index (χ3v) is 4.27. The SMILES string of the molecule is CCc1cc(N(C(=O)OC(C)(C)C)/C(C#N)=C/Nc2ccccc2)c(C(C)C)cn1. The first kappa shape index (κ1) is 23.0. The lowest BCUT2D eigenvalue weighted by molar-refractivity contribution is 0.0593. The molecular weight excluding hydrogens is 376 g/mol. The van der Waals surface area contributed by atoms with Gasteiger partial charge >= 0.3 is 6.09 Å². The summed E-state index contributed by atoms with van der Waals surface area (Å²) in [5.41, 5.74) is 2.52. The van der Waals surface area contributed by atoms with Crippen molar-refractivity contribution in [2.24, 2.45) is 0 Å². The number of nitrogens with zero attached hydrogens (tertiary/aromatic N) is 3. The standard InChI is InChI=1S/C24H30N4O2/c1-7-18-13-22(21(16-27-18)17(2)3)28(23(29)30-24(4,5)6)20(14-25)15-26-19-11-9-8-10-12-19/h8-13,15-17,26H,7H2,1-6H3/b20-15+. The highest BCUT2D eigenvalue weighted by molar-refractivity contribution is 5.94. The summed E-state index contributed by atoms with van der Waals surface area (Å²) in [6, 6.07) is 13.4. The summed E-state index contributed by atoms with van der Waals surface area (Å²) in [4.78, 5) is 19.0. The van der Waals surface area contributed by atoms with Crippen LogP contribution in [0.15, 0.2) is 54.5 Å². The zero-order valence-electron chi connectivity index (χ0n) is 18.6. The third-order valence-electron chi connectivity index (χ3n) is 4.27. The number of nitrogens with one attached hydrogen (secondary N) is 1. The summed E-state index contributed by atoms with van der Waals surface area (Å²) in [6.07, 6.45) is 3.40. The number of hydrogen-bond acceptors (Lipinski definition) is 5. The Hall–Kier alpha value is -3.33. The summed E-state index contributed by atoms with van der Waals surface area (Å²) in [6.45, 7) is 11.4. The highest BCUT2D eigenvalue weighted by atomic mass is 16.6. The maximum absolute atomic E-state index is 13.2. The van der Waals surface area contributed by atoms with E-state index in [0.717, 1.165) is 16.9 Å². The summed E-state index contributed by atoms with van der Waals surface area (Å²) in [5.74, 6) is 0.102. The molecular formula is C24H30N4O2. The van der Waals surface area contributed by atoms with Crippen molar-refractivity contribution in [3.8, 4) is 6.07 Å². The summed E-state index contributed by atoms with van der Waals surface area (Å²) in [7, 11) is 0. The second-order valence-corrected chi connectivity index (χ2v) is 8.21. The van der Waals surface area contributed by atoms with E-state index in [4.69, 9.17) is 4.74 Å². The molecule has 0 aliphatic carbocycles. The van der Waals surface area contributed by atoms with Crippen molar-refractivity contribution in [3.05, 3.63) is 65.7 Å². The molecule has 1 N–H and O–H groups in total. The molecule has 0 aliphatic rings. The first-order valence-corrected chi connectivity index (χ1v) is 10.1. The van der Waals surface area contributed by atoms with E-state index >= 15 is 0 Å². The quantitative estimate of drug-likeness (QED) is 0.597. The van der Waals surface area contributed by atoms with Crippen LogP contribution < -0.4 is 10.2 Å². The van der Waals surface area contributed by atoms with Gasteiger partial charge in [0, 0.05) is 23.8 Å². The second kappa shape index (κ2) is 9.93. The molecule has 0 spiro atoms. The Labute approximate surface area is 179 Å². The zero-order chi connectivity index (χ0) is 22.3. The lowest BCUT2D eigenvalue weighted by Crippen LogP contribution is -2.37. The molecule has 30 heavy (non-hydrogen) atoms. The minimum absolute atomic E-state index is 0.102. The molecule has 0 aliphatic heterocycles. The van der Waals surface area contributed by atoms with Crippen LogP contribution >= 0.6 is 0 Å². The Morgan fingerprint density at radius 3 is 2.50 bits per heavy atom. The van der Waals surface area contributed by atoms with Crippen LogP contribution in [0.4, 0.5) is 16.2 Å². The first-order chi connectivity index (χ1) is 14.2. The Morgan fingerprint density at radius 1 is 1.30 bits per heavy atom. The number of para-hydroxylation sites is 1. The number of allylic oxidation sites excluding steroid dienone is 1. The average molecular weight is 407 g/mol. The number of carbonyl (C=O) groups excluding carboxylic acids is 1. The van der Waals surface area contributed by atoms with E-state index in [1.54, 1.807) is 27.0 Å². The fourth-order valence-electron chi connectivity index (χ4n) is 2.80. The number of amides is 1. The van der Waals surface area contributed by atoms with Crippen LogP contribution in [0.25, 0.3) is 0 Å². The minimum Gasteiger partial charge on any atom is -0.443 e. The van der Waals surface area contributed by atoms with Gasteiger partial charge in [-0.15, -0.1) is 0 Å². The molecule has 2 rings (SSSR count). The van der Waals surface area contributed by atoms with Crippen molar-refractivity contribution in [2.45, 2.75) is 59.5 Å². The number of pyridine rings is 1. The van der Waals surface area contributed by atoms with Crippen molar-refractivity contribution in [1.82, 2.24) is 4.98 Å². The third kappa shape index (κ3) is 6.08. The fourth-order valence-corrected chi connectivity index (χ4v) is 2.80. The molecule has 0 radical (unpaired) electrons. The van der Waals surface area contributed by atoms with Gasteiger partial charge in [0.1, 0.15) is 17.4 Å². The molecule has 1 aromatic carbocycles. The number of rotatable bonds is 6. The number of anilines is 2. The van der Waals surface area contributed by atoms with Crippen molar-refractivity contribution >= 4 is 17.5 Å². The molecule has 2 aromatic rings. The Balaban J connectivity index is 2.60. The number of aromatic nitrogens is 1. The number of ether oxygens (including phenoxy) is 1. The monoisotopic (exact) mass is 406 g/mol. The number of benzene rings is 1. The number of carbonyl (C=O) groups is 1. The van der Waals surface area contributed by atoms with Crippen molar-refractivity contribution < 1.29 is 9.53 Å². The molecule has 1 aromatic heterocycles. The molecule has 0 saturated heterocycles. The van der Waals surface area contributed by atoms with Crippen LogP contribution in [0, 0.1) is 11.3 Å². The maximum Gasteiger partial charge on any atom is 0.420 e. The van der Waals surface area contributed by atoms with E-state index in [1.165, 1.54) is 11.1 Å². The highest BCUT2D eigenvalue weighted by Gasteiger charge is 2.29. The van der Waals surface area contributed by atoms with E-state index in [0.29, 0.717) is 12.1 Å². The molecule has 1 heterocycles. The van der Waals surface area contributed by atoms with Gasteiger partial charge in [0.25, 0.3) is 0 Å². The molecule has 1 amide bonds. The van der Waals surface area contributed by atoms with Crippen LogP contribution in [-0.2, 0) is 11.2 Å². The Bertz CT molecular complexity index is 938. The summed E-state index contributed by atoms with van der Waals surface area (Å²) in [5, 5.41) is 13.0. The smallest absolute Gasteiger partial charge is 0.420 e. The Kier molecular flexibility index (Phi) is 7.60. The van der Waals surface area contributed by atoms with Gasteiger partial charge in [-0.25, -0.2) is 9.69 Å². The van der Waals surface area contributed by atoms with Crippen LogP contribution in [0.1, 0.15) is 58.7 Å². The van der Waals surface area contributed by atoms with E-state index < -0.39 is 11.7 Å². The largest absolute Gasteiger partial charge is 0.443 e. The van der Waals surface area contributed by atoms with Gasteiger partial charge in [-0.3, -0.25) is 4.98 Å².